The van der Waals surface area contributed by atoms with Crippen molar-refractivity contribution in [2.24, 2.45) is 0 Å². The second-order valence-corrected chi connectivity index (χ2v) is 4.78. The Morgan fingerprint density at radius 3 is 3.16 bits per heavy atom. The number of hydrogen-bond donors (Lipinski definition) is 2. The van der Waals surface area contributed by atoms with Crippen LogP contribution in [-0.4, -0.2) is 19.0 Å². The first-order chi connectivity index (χ1) is 9.33. The van der Waals surface area contributed by atoms with E-state index < -0.39 is 0 Å². The van der Waals surface area contributed by atoms with Gasteiger partial charge in [0.05, 0.1) is 0 Å². The number of rotatable bonds is 5. The Morgan fingerprint density at radius 1 is 1.42 bits per heavy atom. The average molecular weight is 256 g/mol. The van der Waals surface area contributed by atoms with Gasteiger partial charge in [-0.05, 0) is 43.4 Å². The summed E-state index contributed by atoms with van der Waals surface area (Å²) in [4.78, 5) is 12.2. The first-order valence-electron chi connectivity index (χ1n) is 6.90. The fourth-order valence-electron chi connectivity index (χ4n) is 2.37. The summed E-state index contributed by atoms with van der Waals surface area (Å²) < 4.78 is 0. The van der Waals surface area contributed by atoms with E-state index in [1.54, 1.807) is 0 Å². The number of carbonyl (C=O) groups excluding carboxylic acids is 1. The summed E-state index contributed by atoms with van der Waals surface area (Å²) in [5.41, 5.74) is 3.06. The molecule has 3 heteroatoms. The highest BCUT2D eigenvalue weighted by Gasteiger charge is 2.16. The molecule has 0 aromatic heterocycles. The smallest absolute Gasteiger partial charge is 0.251 e. The summed E-state index contributed by atoms with van der Waals surface area (Å²) in [6, 6.07) is 5.88. The molecule has 1 heterocycles. The highest BCUT2D eigenvalue weighted by atomic mass is 16.1. The molecule has 1 aromatic rings. The molecule has 1 amide bonds. The van der Waals surface area contributed by atoms with Gasteiger partial charge in [0.25, 0.3) is 5.91 Å². The molecular weight excluding hydrogens is 236 g/mol. The SMILES string of the molecule is C#CCCCCNC(=O)c1cccc2c1CCCN2. The highest BCUT2D eigenvalue weighted by molar-refractivity contribution is 5.97. The van der Waals surface area contributed by atoms with Crippen LogP contribution in [0.5, 0.6) is 0 Å². The Morgan fingerprint density at radius 2 is 2.32 bits per heavy atom. The molecule has 0 saturated carbocycles. The van der Waals surface area contributed by atoms with Gasteiger partial charge in [-0.15, -0.1) is 12.3 Å². The van der Waals surface area contributed by atoms with Crippen molar-refractivity contribution >= 4 is 11.6 Å². The van der Waals surface area contributed by atoms with Crippen LogP contribution in [0.3, 0.4) is 0 Å². The Kier molecular flexibility index (Phi) is 4.85. The number of benzene rings is 1. The molecule has 0 aliphatic carbocycles. The summed E-state index contributed by atoms with van der Waals surface area (Å²) in [6.07, 6.45) is 9.93. The lowest BCUT2D eigenvalue weighted by Gasteiger charge is -2.20. The number of terminal acetylenes is 1. The first-order valence-corrected chi connectivity index (χ1v) is 6.90. The van der Waals surface area contributed by atoms with Crippen molar-refractivity contribution in [3.8, 4) is 12.3 Å². The number of fused-ring (bicyclic) bond motifs is 1. The predicted octanol–water partition coefficient (Wildman–Crippen LogP) is 2.58. The number of anilines is 1. The molecule has 2 N–H and O–H groups in total. The zero-order valence-electron chi connectivity index (χ0n) is 11.2. The summed E-state index contributed by atoms with van der Waals surface area (Å²) in [6.45, 7) is 1.68. The second kappa shape index (κ2) is 6.84. The zero-order valence-corrected chi connectivity index (χ0v) is 11.2. The van der Waals surface area contributed by atoms with E-state index in [1.165, 1.54) is 0 Å². The van der Waals surface area contributed by atoms with Crippen LogP contribution in [0.15, 0.2) is 18.2 Å². The molecule has 1 aliphatic rings. The van der Waals surface area contributed by atoms with Crippen molar-refractivity contribution < 1.29 is 4.79 Å². The van der Waals surface area contributed by atoms with Crippen LogP contribution in [-0.2, 0) is 6.42 Å². The molecule has 0 atom stereocenters. The lowest BCUT2D eigenvalue weighted by Crippen LogP contribution is -2.26. The van der Waals surface area contributed by atoms with Gasteiger partial charge in [-0.3, -0.25) is 4.79 Å². The van der Waals surface area contributed by atoms with Crippen molar-refractivity contribution in [1.29, 1.82) is 0 Å². The van der Waals surface area contributed by atoms with Crippen LogP contribution in [0, 0.1) is 12.3 Å². The van der Waals surface area contributed by atoms with Gasteiger partial charge < -0.3 is 10.6 Å². The van der Waals surface area contributed by atoms with Gasteiger partial charge >= 0.3 is 0 Å². The molecular formula is C16H20N2O. The van der Waals surface area contributed by atoms with E-state index in [4.69, 9.17) is 6.42 Å². The number of hydrogen-bond acceptors (Lipinski definition) is 2. The van der Waals surface area contributed by atoms with Crippen LogP contribution in [0.1, 0.15) is 41.6 Å². The van der Waals surface area contributed by atoms with Gasteiger partial charge in [-0.2, -0.15) is 0 Å². The van der Waals surface area contributed by atoms with E-state index in [9.17, 15) is 4.79 Å². The molecule has 1 aromatic carbocycles. The zero-order chi connectivity index (χ0) is 13.5. The van der Waals surface area contributed by atoms with Gasteiger partial charge in [0.1, 0.15) is 0 Å². The molecule has 0 unspecified atom stereocenters. The number of nitrogens with one attached hydrogen (secondary N) is 2. The predicted molar refractivity (Wildman–Crippen MR) is 78.3 cm³/mol. The van der Waals surface area contributed by atoms with Crippen molar-refractivity contribution in [3.63, 3.8) is 0 Å². The largest absolute Gasteiger partial charge is 0.385 e. The van der Waals surface area contributed by atoms with E-state index in [2.05, 4.69) is 16.6 Å². The Balaban J connectivity index is 1.94. The standard InChI is InChI=1S/C16H20N2O/c1-2-3-4-5-11-18-16(19)14-8-6-10-15-13(14)9-7-12-17-15/h1,6,8,10,17H,3-5,7,9,11-12H2,(H,18,19). The van der Waals surface area contributed by atoms with Crippen molar-refractivity contribution in [2.45, 2.75) is 32.1 Å². The van der Waals surface area contributed by atoms with E-state index in [0.717, 1.165) is 55.5 Å². The molecule has 0 saturated heterocycles. The minimum Gasteiger partial charge on any atom is -0.385 e. The quantitative estimate of drug-likeness (QED) is 0.628. The molecule has 19 heavy (non-hydrogen) atoms. The van der Waals surface area contributed by atoms with Gasteiger partial charge in [0, 0.05) is 30.8 Å². The van der Waals surface area contributed by atoms with Gasteiger partial charge in [0.15, 0.2) is 0 Å². The lowest BCUT2D eigenvalue weighted by molar-refractivity contribution is 0.0952. The normalized spacial score (nSPS) is 13.0. The van der Waals surface area contributed by atoms with Crippen LogP contribution < -0.4 is 10.6 Å². The van der Waals surface area contributed by atoms with Crippen LogP contribution in [0.4, 0.5) is 5.69 Å². The molecule has 0 radical (unpaired) electrons. The Bertz CT molecular complexity index is 488. The summed E-state index contributed by atoms with van der Waals surface area (Å²) in [5, 5.41) is 6.31. The topological polar surface area (TPSA) is 41.1 Å². The third kappa shape index (κ3) is 3.51. The lowest BCUT2D eigenvalue weighted by atomic mass is 9.97. The van der Waals surface area contributed by atoms with E-state index >= 15 is 0 Å². The number of amides is 1. The Labute approximate surface area is 114 Å². The fraction of sp³-hybridized carbons (Fsp3) is 0.438. The highest BCUT2D eigenvalue weighted by Crippen LogP contribution is 2.25. The van der Waals surface area contributed by atoms with Gasteiger partial charge in [-0.1, -0.05) is 6.07 Å². The summed E-state index contributed by atoms with van der Waals surface area (Å²) >= 11 is 0. The Hall–Kier alpha value is -1.95. The second-order valence-electron chi connectivity index (χ2n) is 4.78. The van der Waals surface area contributed by atoms with E-state index in [-0.39, 0.29) is 5.91 Å². The van der Waals surface area contributed by atoms with Crippen LogP contribution >= 0.6 is 0 Å². The number of carbonyl (C=O) groups is 1. The molecule has 0 spiro atoms. The minimum atomic E-state index is 0.0289. The summed E-state index contributed by atoms with van der Waals surface area (Å²) in [7, 11) is 0. The average Bonchev–Trinajstić information content (AvgIpc) is 2.46. The molecule has 2 rings (SSSR count). The molecule has 0 bridgehead atoms. The maximum atomic E-state index is 12.2. The molecule has 1 aliphatic heterocycles. The number of unbranched alkanes of at least 4 members (excludes halogenated alkanes) is 2. The monoisotopic (exact) mass is 256 g/mol. The van der Waals surface area contributed by atoms with Gasteiger partial charge in [-0.25, -0.2) is 0 Å². The molecule has 0 fully saturated rings. The molecule has 3 nitrogen and oxygen atoms in total. The van der Waals surface area contributed by atoms with Crippen molar-refractivity contribution in [3.05, 3.63) is 29.3 Å². The molecule has 100 valence electrons. The van der Waals surface area contributed by atoms with E-state index in [1.807, 2.05) is 18.2 Å². The third-order valence-electron chi connectivity index (χ3n) is 3.37. The third-order valence-corrected chi connectivity index (χ3v) is 3.37. The van der Waals surface area contributed by atoms with Crippen LogP contribution in [0.25, 0.3) is 0 Å². The minimum absolute atomic E-state index is 0.0289. The van der Waals surface area contributed by atoms with Crippen LogP contribution in [0.2, 0.25) is 0 Å². The van der Waals surface area contributed by atoms with Crippen molar-refractivity contribution in [1.82, 2.24) is 5.32 Å². The van der Waals surface area contributed by atoms with E-state index in [0.29, 0.717) is 6.54 Å². The van der Waals surface area contributed by atoms with Crippen molar-refractivity contribution in [2.75, 3.05) is 18.4 Å². The maximum absolute atomic E-state index is 12.2. The first kappa shape index (κ1) is 13.5. The fourth-order valence-corrected chi connectivity index (χ4v) is 2.37. The summed E-state index contributed by atoms with van der Waals surface area (Å²) in [5.74, 6) is 2.64. The maximum Gasteiger partial charge on any atom is 0.251 e. The van der Waals surface area contributed by atoms with Gasteiger partial charge in [0.2, 0.25) is 0 Å².